The van der Waals surface area contributed by atoms with Gasteiger partial charge in [-0.05, 0) is 59.7 Å². The highest BCUT2D eigenvalue weighted by Crippen LogP contribution is 2.41. The van der Waals surface area contributed by atoms with Crippen molar-refractivity contribution in [3.8, 4) is 0 Å². The van der Waals surface area contributed by atoms with Crippen LogP contribution in [0.25, 0.3) is 10.8 Å². The van der Waals surface area contributed by atoms with Crippen molar-refractivity contribution in [2.45, 2.75) is 51.5 Å². The summed E-state index contributed by atoms with van der Waals surface area (Å²) in [6.45, 7) is 6.09. The molecule has 1 aliphatic carbocycles. The zero-order valence-corrected chi connectivity index (χ0v) is 18.2. The average Bonchev–Trinajstić information content (AvgIpc) is 3.35. The molecule has 0 atom stereocenters. The van der Waals surface area contributed by atoms with Crippen LogP contribution in [0.1, 0.15) is 66.6 Å². The van der Waals surface area contributed by atoms with E-state index in [0.29, 0.717) is 11.5 Å². The van der Waals surface area contributed by atoms with Crippen molar-refractivity contribution in [3.63, 3.8) is 0 Å². The molecule has 2 fully saturated rings. The predicted octanol–water partition coefficient (Wildman–Crippen LogP) is 5.02. The molecule has 1 N–H and O–H groups in total. The van der Waals surface area contributed by atoms with E-state index in [4.69, 9.17) is 5.10 Å². The number of benzene rings is 2. The van der Waals surface area contributed by atoms with Gasteiger partial charge in [0.25, 0.3) is 5.91 Å². The van der Waals surface area contributed by atoms with E-state index in [1.807, 2.05) is 24.4 Å². The standard InChI is InChI=1S/C26H30N4O/c1-26(10-3-11-26)17-29-12-8-20(9-13-29)30-16-18(15-27-30)14-19-6-7-23-24-21(19)4-2-5-22(24)25(31)28-23/h2,4-7,15-16,20H,3,8-14,17H2,1H3,(H,28,31). The highest BCUT2D eigenvalue weighted by Gasteiger charge is 2.34. The number of rotatable bonds is 5. The van der Waals surface area contributed by atoms with E-state index in [-0.39, 0.29) is 5.91 Å². The number of piperidine rings is 1. The molecule has 2 aliphatic heterocycles. The molecule has 0 bridgehead atoms. The number of nitrogens with one attached hydrogen (secondary N) is 1. The van der Waals surface area contributed by atoms with Crippen LogP contribution in [0.5, 0.6) is 0 Å². The predicted molar refractivity (Wildman–Crippen MR) is 124 cm³/mol. The van der Waals surface area contributed by atoms with Crippen LogP contribution in [0.2, 0.25) is 0 Å². The van der Waals surface area contributed by atoms with Gasteiger partial charge in [-0.2, -0.15) is 5.10 Å². The molecule has 3 aromatic rings. The molecule has 160 valence electrons. The summed E-state index contributed by atoms with van der Waals surface area (Å²) in [6, 6.07) is 10.7. The van der Waals surface area contributed by atoms with E-state index >= 15 is 0 Å². The molecule has 2 aromatic carbocycles. The highest BCUT2D eigenvalue weighted by molar-refractivity contribution is 6.24. The van der Waals surface area contributed by atoms with Gasteiger partial charge in [0, 0.05) is 48.9 Å². The van der Waals surface area contributed by atoms with Crippen LogP contribution < -0.4 is 5.32 Å². The third kappa shape index (κ3) is 3.35. The lowest BCUT2D eigenvalue weighted by Crippen LogP contribution is -2.44. The minimum atomic E-state index is 0.00298. The number of carbonyl (C=O) groups excluding carboxylic acids is 1. The van der Waals surface area contributed by atoms with Crippen molar-refractivity contribution >= 4 is 22.4 Å². The Balaban J connectivity index is 1.16. The normalized spacial score (nSPS) is 20.7. The fraction of sp³-hybridized carbons (Fsp3) is 0.462. The largest absolute Gasteiger partial charge is 0.321 e. The van der Waals surface area contributed by atoms with Gasteiger partial charge in [-0.1, -0.05) is 31.5 Å². The molecule has 5 heteroatoms. The molecule has 31 heavy (non-hydrogen) atoms. The Hall–Kier alpha value is -2.66. The maximum Gasteiger partial charge on any atom is 0.256 e. The molecule has 5 nitrogen and oxygen atoms in total. The summed E-state index contributed by atoms with van der Waals surface area (Å²) < 4.78 is 2.20. The second kappa shape index (κ2) is 7.20. The minimum absolute atomic E-state index is 0.00298. The zero-order valence-electron chi connectivity index (χ0n) is 18.2. The Labute approximate surface area is 183 Å². The lowest BCUT2D eigenvalue weighted by molar-refractivity contribution is 0.0637. The van der Waals surface area contributed by atoms with Crippen molar-refractivity contribution in [1.29, 1.82) is 0 Å². The first-order chi connectivity index (χ1) is 15.1. The van der Waals surface area contributed by atoms with Gasteiger partial charge in [-0.15, -0.1) is 0 Å². The average molecular weight is 415 g/mol. The topological polar surface area (TPSA) is 50.2 Å². The summed E-state index contributed by atoms with van der Waals surface area (Å²) in [5, 5.41) is 9.93. The first-order valence-corrected chi connectivity index (χ1v) is 11.7. The maximum atomic E-state index is 12.2. The Morgan fingerprint density at radius 1 is 1.16 bits per heavy atom. The zero-order chi connectivity index (χ0) is 21.0. The first-order valence-electron chi connectivity index (χ1n) is 11.7. The smallest absolute Gasteiger partial charge is 0.256 e. The monoisotopic (exact) mass is 414 g/mol. The number of anilines is 1. The summed E-state index contributed by atoms with van der Waals surface area (Å²) >= 11 is 0. The summed E-state index contributed by atoms with van der Waals surface area (Å²) in [7, 11) is 0. The van der Waals surface area contributed by atoms with Gasteiger partial charge in [0.2, 0.25) is 0 Å². The first kappa shape index (κ1) is 19.1. The van der Waals surface area contributed by atoms with Crippen molar-refractivity contribution in [3.05, 3.63) is 59.4 Å². The summed E-state index contributed by atoms with van der Waals surface area (Å²) in [5.74, 6) is 0.00298. The van der Waals surface area contributed by atoms with Crippen LogP contribution in [0.3, 0.4) is 0 Å². The molecule has 0 unspecified atom stereocenters. The number of carbonyl (C=O) groups is 1. The van der Waals surface area contributed by atoms with Crippen molar-refractivity contribution in [1.82, 2.24) is 14.7 Å². The van der Waals surface area contributed by atoms with Crippen LogP contribution >= 0.6 is 0 Å². The Bertz CT molecular complexity index is 1150. The van der Waals surface area contributed by atoms with Crippen molar-refractivity contribution < 1.29 is 4.79 Å². The molecule has 3 heterocycles. The lowest BCUT2D eigenvalue weighted by Gasteiger charge is -2.44. The number of nitrogens with zero attached hydrogens (tertiary/aromatic N) is 3. The van der Waals surface area contributed by atoms with Crippen molar-refractivity contribution in [2.75, 3.05) is 25.0 Å². The van der Waals surface area contributed by atoms with E-state index < -0.39 is 0 Å². The molecular weight excluding hydrogens is 384 g/mol. The molecule has 1 amide bonds. The molecule has 1 saturated carbocycles. The number of amides is 1. The van der Waals surface area contributed by atoms with Gasteiger partial charge < -0.3 is 10.2 Å². The van der Waals surface area contributed by atoms with Crippen LogP contribution in [-0.4, -0.2) is 40.2 Å². The van der Waals surface area contributed by atoms with Gasteiger partial charge in [0.15, 0.2) is 0 Å². The lowest BCUT2D eigenvalue weighted by atomic mass is 9.70. The molecule has 1 aromatic heterocycles. The molecule has 0 spiro atoms. The quantitative estimate of drug-likeness (QED) is 0.638. The summed E-state index contributed by atoms with van der Waals surface area (Å²) in [6.07, 6.45) is 11.7. The van der Waals surface area contributed by atoms with Gasteiger partial charge in [0.05, 0.1) is 12.2 Å². The maximum absolute atomic E-state index is 12.2. The summed E-state index contributed by atoms with van der Waals surface area (Å²) in [5.41, 5.74) is 4.78. The molecule has 1 saturated heterocycles. The Kier molecular flexibility index (Phi) is 4.42. The van der Waals surface area contributed by atoms with Gasteiger partial charge in [-0.3, -0.25) is 9.48 Å². The third-order valence-electron chi connectivity index (χ3n) is 7.77. The van der Waals surface area contributed by atoms with Gasteiger partial charge >= 0.3 is 0 Å². The number of hydrogen-bond acceptors (Lipinski definition) is 3. The minimum Gasteiger partial charge on any atom is -0.321 e. The van der Waals surface area contributed by atoms with Crippen LogP contribution in [0, 0.1) is 5.41 Å². The molecule has 0 radical (unpaired) electrons. The van der Waals surface area contributed by atoms with Crippen LogP contribution in [0.4, 0.5) is 5.69 Å². The van der Waals surface area contributed by atoms with Crippen LogP contribution in [0.15, 0.2) is 42.7 Å². The third-order valence-corrected chi connectivity index (χ3v) is 7.77. The number of hydrogen-bond donors (Lipinski definition) is 1. The van der Waals surface area contributed by atoms with E-state index in [9.17, 15) is 4.79 Å². The second-order valence-electron chi connectivity index (χ2n) is 10.1. The fourth-order valence-electron chi connectivity index (χ4n) is 5.81. The van der Waals surface area contributed by atoms with Gasteiger partial charge in [-0.25, -0.2) is 0 Å². The van der Waals surface area contributed by atoms with Gasteiger partial charge in [0.1, 0.15) is 0 Å². The SMILES string of the molecule is CC1(CN2CCC(n3cc(Cc4ccc5c6c(cccc46)C(=O)N5)cn3)CC2)CCC1. The van der Waals surface area contributed by atoms with E-state index in [1.54, 1.807) is 0 Å². The highest BCUT2D eigenvalue weighted by atomic mass is 16.1. The second-order valence-corrected chi connectivity index (χ2v) is 10.1. The number of likely N-dealkylation sites (tertiary alicyclic amines) is 1. The Morgan fingerprint density at radius 2 is 2.00 bits per heavy atom. The summed E-state index contributed by atoms with van der Waals surface area (Å²) in [4.78, 5) is 14.9. The Morgan fingerprint density at radius 3 is 2.77 bits per heavy atom. The fourth-order valence-corrected chi connectivity index (χ4v) is 5.81. The van der Waals surface area contributed by atoms with E-state index in [2.05, 4.69) is 40.2 Å². The van der Waals surface area contributed by atoms with Crippen molar-refractivity contribution in [2.24, 2.45) is 5.41 Å². The van der Waals surface area contributed by atoms with E-state index in [1.165, 1.54) is 68.3 Å². The number of aromatic nitrogens is 2. The van der Waals surface area contributed by atoms with Crippen LogP contribution in [-0.2, 0) is 6.42 Å². The molecule has 3 aliphatic rings. The molecule has 6 rings (SSSR count). The molecular formula is C26H30N4O. The van der Waals surface area contributed by atoms with E-state index in [0.717, 1.165) is 23.1 Å².